The van der Waals surface area contributed by atoms with E-state index in [-0.39, 0.29) is 5.79 Å². The second-order valence-corrected chi connectivity index (χ2v) is 6.31. The van der Waals surface area contributed by atoms with Crippen LogP contribution in [0.5, 0.6) is 0 Å². The molecule has 4 nitrogen and oxygen atoms in total. The maximum atomic E-state index is 5.96. The first kappa shape index (κ1) is 13.8. The second-order valence-electron chi connectivity index (χ2n) is 6.31. The van der Waals surface area contributed by atoms with Crippen LogP contribution in [0.2, 0.25) is 0 Å². The van der Waals surface area contributed by atoms with Crippen LogP contribution in [-0.4, -0.2) is 55.1 Å². The van der Waals surface area contributed by atoms with E-state index in [1.54, 1.807) is 0 Å². The SMILES string of the molecule is CCNC1CCC2(CC1N1CCCC1C)OCCO2. The highest BCUT2D eigenvalue weighted by Crippen LogP contribution is 2.39. The molecule has 0 amide bonds. The predicted octanol–water partition coefficient (Wildman–Crippen LogP) is 1.74. The lowest BCUT2D eigenvalue weighted by atomic mass is 9.84. The molecular weight excluding hydrogens is 240 g/mol. The van der Waals surface area contributed by atoms with Crippen LogP contribution in [0.3, 0.4) is 0 Å². The fraction of sp³-hybridized carbons (Fsp3) is 1.00. The molecule has 1 aliphatic carbocycles. The first-order chi connectivity index (χ1) is 9.24. The Morgan fingerprint density at radius 1 is 1.26 bits per heavy atom. The van der Waals surface area contributed by atoms with Crippen molar-refractivity contribution in [3.8, 4) is 0 Å². The monoisotopic (exact) mass is 268 g/mol. The molecule has 3 fully saturated rings. The third kappa shape index (κ3) is 2.68. The van der Waals surface area contributed by atoms with Crippen LogP contribution < -0.4 is 5.32 Å². The minimum atomic E-state index is -0.265. The second kappa shape index (κ2) is 5.68. The summed E-state index contributed by atoms with van der Waals surface area (Å²) in [5.74, 6) is -0.265. The lowest BCUT2D eigenvalue weighted by Crippen LogP contribution is -2.58. The van der Waals surface area contributed by atoms with Crippen molar-refractivity contribution in [2.75, 3.05) is 26.3 Å². The zero-order valence-electron chi connectivity index (χ0n) is 12.4. The zero-order valence-corrected chi connectivity index (χ0v) is 12.4. The van der Waals surface area contributed by atoms with Crippen LogP contribution in [0, 0.1) is 0 Å². The number of hydrogen-bond acceptors (Lipinski definition) is 4. The van der Waals surface area contributed by atoms with Crippen molar-refractivity contribution in [1.82, 2.24) is 10.2 Å². The Labute approximate surface area is 116 Å². The summed E-state index contributed by atoms with van der Waals surface area (Å²) in [6, 6.07) is 1.89. The molecule has 2 heterocycles. The van der Waals surface area contributed by atoms with E-state index in [4.69, 9.17) is 9.47 Å². The molecule has 3 unspecified atom stereocenters. The van der Waals surface area contributed by atoms with Gasteiger partial charge in [0.2, 0.25) is 0 Å². The van der Waals surface area contributed by atoms with Crippen molar-refractivity contribution < 1.29 is 9.47 Å². The average molecular weight is 268 g/mol. The number of ether oxygens (including phenoxy) is 2. The fourth-order valence-electron chi connectivity index (χ4n) is 4.19. The van der Waals surface area contributed by atoms with Crippen LogP contribution in [-0.2, 0) is 9.47 Å². The van der Waals surface area contributed by atoms with Gasteiger partial charge in [0.05, 0.1) is 13.2 Å². The Balaban J connectivity index is 1.74. The molecule has 0 aromatic rings. The largest absolute Gasteiger partial charge is 0.347 e. The normalized spacial score (nSPS) is 39.2. The third-order valence-corrected chi connectivity index (χ3v) is 5.13. The molecule has 19 heavy (non-hydrogen) atoms. The highest BCUT2D eigenvalue weighted by molar-refractivity contribution is 4.98. The molecule has 1 saturated carbocycles. The summed E-state index contributed by atoms with van der Waals surface area (Å²) in [5, 5.41) is 3.69. The van der Waals surface area contributed by atoms with Gasteiger partial charge in [-0.25, -0.2) is 0 Å². The summed E-state index contributed by atoms with van der Waals surface area (Å²) in [6.45, 7) is 8.41. The van der Waals surface area contributed by atoms with E-state index in [0.717, 1.165) is 32.6 Å². The zero-order chi connectivity index (χ0) is 13.3. The maximum absolute atomic E-state index is 5.96. The molecule has 3 rings (SSSR count). The van der Waals surface area contributed by atoms with Crippen LogP contribution in [0.1, 0.15) is 46.0 Å². The van der Waals surface area contributed by atoms with E-state index in [0.29, 0.717) is 18.1 Å². The van der Waals surface area contributed by atoms with Gasteiger partial charge in [-0.15, -0.1) is 0 Å². The highest BCUT2D eigenvalue weighted by Gasteiger charge is 2.47. The van der Waals surface area contributed by atoms with Crippen LogP contribution in [0.4, 0.5) is 0 Å². The molecule has 3 atom stereocenters. The summed E-state index contributed by atoms with van der Waals surface area (Å²) < 4.78 is 11.9. The van der Waals surface area contributed by atoms with Gasteiger partial charge in [0.1, 0.15) is 0 Å². The predicted molar refractivity (Wildman–Crippen MR) is 75.1 cm³/mol. The number of nitrogens with one attached hydrogen (secondary N) is 1. The standard InChI is InChI=1S/C15H28N2O2/c1-3-16-13-6-7-15(18-9-10-19-15)11-14(13)17-8-4-5-12(17)2/h12-14,16H,3-11H2,1-2H3. The molecule has 3 aliphatic rings. The number of hydrogen-bond donors (Lipinski definition) is 1. The quantitative estimate of drug-likeness (QED) is 0.845. The number of likely N-dealkylation sites (N-methyl/N-ethyl adjacent to an activating group) is 1. The molecule has 1 spiro atoms. The summed E-state index contributed by atoms with van der Waals surface area (Å²) in [5.41, 5.74) is 0. The van der Waals surface area contributed by atoms with Gasteiger partial charge in [-0.2, -0.15) is 0 Å². The molecule has 1 N–H and O–H groups in total. The molecule has 0 bridgehead atoms. The minimum absolute atomic E-state index is 0.265. The van der Waals surface area contributed by atoms with Gasteiger partial charge in [-0.3, -0.25) is 4.90 Å². The first-order valence-corrected chi connectivity index (χ1v) is 8.01. The van der Waals surface area contributed by atoms with E-state index < -0.39 is 0 Å². The molecule has 0 aromatic carbocycles. The summed E-state index contributed by atoms with van der Waals surface area (Å²) in [4.78, 5) is 2.69. The lowest BCUT2D eigenvalue weighted by molar-refractivity contribution is -0.193. The fourth-order valence-corrected chi connectivity index (χ4v) is 4.19. The maximum Gasteiger partial charge on any atom is 0.170 e. The summed E-state index contributed by atoms with van der Waals surface area (Å²) in [7, 11) is 0. The van der Waals surface area contributed by atoms with Crippen molar-refractivity contribution in [2.45, 2.75) is 69.9 Å². The molecule has 2 aliphatic heterocycles. The van der Waals surface area contributed by atoms with Crippen molar-refractivity contribution in [3.63, 3.8) is 0 Å². The van der Waals surface area contributed by atoms with E-state index in [1.165, 1.54) is 25.8 Å². The lowest BCUT2D eigenvalue weighted by Gasteiger charge is -2.46. The summed E-state index contributed by atoms with van der Waals surface area (Å²) >= 11 is 0. The van der Waals surface area contributed by atoms with Crippen molar-refractivity contribution in [1.29, 1.82) is 0 Å². The Morgan fingerprint density at radius 2 is 2.05 bits per heavy atom. The average Bonchev–Trinajstić information content (AvgIpc) is 3.02. The van der Waals surface area contributed by atoms with E-state index in [9.17, 15) is 0 Å². The Bertz CT molecular complexity index is 305. The summed E-state index contributed by atoms with van der Waals surface area (Å²) in [6.07, 6.45) is 5.93. The van der Waals surface area contributed by atoms with Crippen molar-refractivity contribution in [2.24, 2.45) is 0 Å². The Hall–Kier alpha value is -0.160. The van der Waals surface area contributed by atoms with E-state index >= 15 is 0 Å². The van der Waals surface area contributed by atoms with Crippen LogP contribution in [0.15, 0.2) is 0 Å². The molecule has 0 aromatic heterocycles. The topological polar surface area (TPSA) is 33.7 Å². The van der Waals surface area contributed by atoms with Gasteiger partial charge in [0.25, 0.3) is 0 Å². The molecule has 0 radical (unpaired) electrons. The van der Waals surface area contributed by atoms with Crippen molar-refractivity contribution >= 4 is 0 Å². The van der Waals surface area contributed by atoms with Gasteiger partial charge in [-0.1, -0.05) is 6.92 Å². The highest BCUT2D eigenvalue weighted by atomic mass is 16.7. The number of rotatable bonds is 3. The van der Waals surface area contributed by atoms with Gasteiger partial charge in [-0.05, 0) is 39.3 Å². The van der Waals surface area contributed by atoms with E-state index in [1.807, 2.05) is 0 Å². The van der Waals surface area contributed by atoms with Gasteiger partial charge in [0.15, 0.2) is 5.79 Å². The Morgan fingerprint density at radius 3 is 2.68 bits per heavy atom. The van der Waals surface area contributed by atoms with Gasteiger partial charge in [0, 0.05) is 31.0 Å². The van der Waals surface area contributed by atoms with Crippen LogP contribution in [0.25, 0.3) is 0 Å². The first-order valence-electron chi connectivity index (χ1n) is 8.01. The smallest absolute Gasteiger partial charge is 0.170 e. The molecular formula is C15H28N2O2. The minimum Gasteiger partial charge on any atom is -0.347 e. The Kier molecular flexibility index (Phi) is 4.13. The molecule has 2 saturated heterocycles. The number of likely N-dealkylation sites (tertiary alicyclic amines) is 1. The molecule has 110 valence electrons. The van der Waals surface area contributed by atoms with E-state index in [2.05, 4.69) is 24.1 Å². The van der Waals surface area contributed by atoms with Gasteiger partial charge >= 0.3 is 0 Å². The third-order valence-electron chi connectivity index (χ3n) is 5.13. The van der Waals surface area contributed by atoms with Crippen molar-refractivity contribution in [3.05, 3.63) is 0 Å². The molecule has 4 heteroatoms. The number of nitrogens with zero attached hydrogens (tertiary/aromatic N) is 1. The van der Waals surface area contributed by atoms with Crippen LogP contribution >= 0.6 is 0 Å². The van der Waals surface area contributed by atoms with Gasteiger partial charge < -0.3 is 14.8 Å².